The molecule has 27 heavy (non-hydrogen) atoms. The Bertz CT molecular complexity index is 761. The van der Waals surface area contributed by atoms with Crippen LogP contribution < -0.4 is 9.47 Å². The highest BCUT2D eigenvalue weighted by molar-refractivity contribution is 5.78. The van der Waals surface area contributed by atoms with Crippen LogP contribution in [0, 0.1) is 5.92 Å². The average Bonchev–Trinajstić information content (AvgIpc) is 2.67. The standard InChI is InChI=1S/C22H28N2O3/c1-17(2)22(25)24-14-7-3-4-8-15-26-19-11-5-6-12-20(19)27-21-18(16-24)10-9-13-23-21/h5-6,9-13,17H,3-4,7-8,14-16H2,1-2H3. The Hall–Kier alpha value is -2.56. The normalized spacial score (nSPS) is 15.7. The lowest BCUT2D eigenvalue weighted by molar-refractivity contribution is -0.135. The lowest BCUT2D eigenvalue weighted by Crippen LogP contribution is -2.34. The minimum absolute atomic E-state index is 0.0287. The van der Waals surface area contributed by atoms with E-state index in [0.29, 0.717) is 24.8 Å². The highest BCUT2D eigenvalue weighted by Gasteiger charge is 2.20. The first-order chi connectivity index (χ1) is 13.1. The molecule has 2 aromatic rings. The van der Waals surface area contributed by atoms with Crippen molar-refractivity contribution >= 4 is 5.91 Å². The summed E-state index contributed by atoms with van der Waals surface area (Å²) in [6, 6.07) is 11.5. The van der Waals surface area contributed by atoms with E-state index in [4.69, 9.17) is 9.47 Å². The van der Waals surface area contributed by atoms with Crippen LogP contribution >= 0.6 is 0 Å². The molecule has 0 fully saturated rings. The molecule has 2 heterocycles. The second-order valence-electron chi connectivity index (χ2n) is 7.19. The van der Waals surface area contributed by atoms with Gasteiger partial charge in [0.15, 0.2) is 11.5 Å². The fourth-order valence-electron chi connectivity index (χ4n) is 3.17. The zero-order valence-corrected chi connectivity index (χ0v) is 16.2. The topological polar surface area (TPSA) is 51.7 Å². The van der Waals surface area contributed by atoms with Crippen molar-refractivity contribution in [3.05, 3.63) is 48.2 Å². The minimum atomic E-state index is -0.0287. The van der Waals surface area contributed by atoms with E-state index in [-0.39, 0.29) is 11.8 Å². The van der Waals surface area contributed by atoms with E-state index < -0.39 is 0 Å². The maximum absolute atomic E-state index is 12.7. The summed E-state index contributed by atoms with van der Waals surface area (Å²) in [4.78, 5) is 19.0. The number of nitrogens with zero attached hydrogens (tertiary/aromatic N) is 2. The first kappa shape index (κ1) is 19.2. The molecule has 0 saturated carbocycles. The fourth-order valence-corrected chi connectivity index (χ4v) is 3.17. The molecule has 0 radical (unpaired) electrons. The molecule has 144 valence electrons. The van der Waals surface area contributed by atoms with Gasteiger partial charge in [0, 0.05) is 24.2 Å². The van der Waals surface area contributed by atoms with Gasteiger partial charge in [0.2, 0.25) is 11.8 Å². The number of aromatic nitrogens is 1. The van der Waals surface area contributed by atoms with Gasteiger partial charge in [-0.2, -0.15) is 0 Å². The fraction of sp³-hybridized carbons (Fsp3) is 0.455. The number of para-hydroxylation sites is 2. The third-order valence-electron chi connectivity index (χ3n) is 4.65. The molecule has 0 unspecified atom stereocenters. The molecule has 1 aliphatic heterocycles. The van der Waals surface area contributed by atoms with E-state index in [0.717, 1.165) is 43.5 Å². The molecule has 5 nitrogen and oxygen atoms in total. The van der Waals surface area contributed by atoms with E-state index >= 15 is 0 Å². The number of fused-ring (bicyclic) bond motifs is 2. The van der Waals surface area contributed by atoms with Crippen LogP contribution in [0.15, 0.2) is 42.6 Å². The second kappa shape index (κ2) is 9.40. The first-order valence-corrected chi connectivity index (χ1v) is 9.77. The van der Waals surface area contributed by atoms with Crippen LogP contribution in [0.1, 0.15) is 45.1 Å². The Morgan fingerprint density at radius 2 is 1.81 bits per heavy atom. The van der Waals surface area contributed by atoms with Crippen molar-refractivity contribution in [2.75, 3.05) is 13.2 Å². The van der Waals surface area contributed by atoms with E-state index in [1.807, 2.05) is 55.1 Å². The van der Waals surface area contributed by atoms with E-state index in [1.165, 1.54) is 0 Å². The van der Waals surface area contributed by atoms with E-state index in [9.17, 15) is 4.79 Å². The molecule has 0 aliphatic carbocycles. The van der Waals surface area contributed by atoms with Crippen molar-refractivity contribution in [3.8, 4) is 17.4 Å². The van der Waals surface area contributed by atoms with Crippen LogP contribution in [0.3, 0.4) is 0 Å². The Labute approximate surface area is 161 Å². The van der Waals surface area contributed by atoms with Crippen LogP contribution in [-0.2, 0) is 11.3 Å². The zero-order valence-electron chi connectivity index (χ0n) is 16.2. The largest absolute Gasteiger partial charge is 0.490 e. The predicted octanol–water partition coefficient (Wildman–Crippen LogP) is 4.81. The number of amides is 1. The smallest absolute Gasteiger partial charge is 0.225 e. The Kier molecular flexibility index (Phi) is 6.69. The van der Waals surface area contributed by atoms with Crippen LogP contribution in [0.2, 0.25) is 0 Å². The molecular formula is C22H28N2O3. The summed E-state index contributed by atoms with van der Waals surface area (Å²) in [7, 11) is 0. The van der Waals surface area contributed by atoms with Gasteiger partial charge in [-0.05, 0) is 31.0 Å². The Morgan fingerprint density at radius 1 is 1.04 bits per heavy atom. The van der Waals surface area contributed by atoms with Gasteiger partial charge in [0.1, 0.15) is 0 Å². The summed E-state index contributed by atoms with van der Waals surface area (Å²) < 4.78 is 12.0. The van der Waals surface area contributed by atoms with Gasteiger partial charge in [-0.15, -0.1) is 0 Å². The third kappa shape index (κ3) is 5.22. The van der Waals surface area contributed by atoms with Gasteiger partial charge < -0.3 is 14.4 Å². The molecule has 0 N–H and O–H groups in total. The lowest BCUT2D eigenvalue weighted by atomic mass is 10.1. The average molecular weight is 368 g/mol. The summed E-state index contributed by atoms with van der Waals surface area (Å²) in [5, 5.41) is 0. The summed E-state index contributed by atoms with van der Waals surface area (Å²) in [6.45, 7) is 5.81. The van der Waals surface area contributed by atoms with E-state index in [2.05, 4.69) is 4.98 Å². The summed E-state index contributed by atoms with van der Waals surface area (Å²) in [5.41, 5.74) is 0.901. The highest BCUT2D eigenvalue weighted by Crippen LogP contribution is 2.32. The molecule has 1 aliphatic rings. The van der Waals surface area contributed by atoms with Gasteiger partial charge >= 0.3 is 0 Å². The SMILES string of the molecule is CC(C)C(=O)N1CCCCCCOc2ccccc2Oc2ncccc2C1. The number of carbonyl (C=O) groups is 1. The molecule has 3 rings (SSSR count). The second-order valence-corrected chi connectivity index (χ2v) is 7.19. The maximum Gasteiger partial charge on any atom is 0.225 e. The zero-order chi connectivity index (χ0) is 19.1. The van der Waals surface area contributed by atoms with Crippen LogP contribution in [0.4, 0.5) is 0 Å². The summed E-state index contributed by atoms with van der Waals surface area (Å²) >= 11 is 0. The first-order valence-electron chi connectivity index (χ1n) is 9.77. The van der Waals surface area contributed by atoms with Gasteiger partial charge in [-0.3, -0.25) is 4.79 Å². The molecule has 5 heteroatoms. The molecule has 0 saturated heterocycles. The van der Waals surface area contributed by atoms with Crippen molar-refractivity contribution in [1.82, 2.24) is 9.88 Å². The molecule has 1 amide bonds. The predicted molar refractivity (Wildman–Crippen MR) is 105 cm³/mol. The highest BCUT2D eigenvalue weighted by atomic mass is 16.5. The van der Waals surface area contributed by atoms with Gasteiger partial charge in [0.05, 0.1) is 13.2 Å². The van der Waals surface area contributed by atoms with Crippen molar-refractivity contribution in [3.63, 3.8) is 0 Å². The quantitative estimate of drug-likeness (QED) is 0.725. The Morgan fingerprint density at radius 3 is 2.63 bits per heavy atom. The Balaban J connectivity index is 1.92. The number of hydrogen-bond donors (Lipinski definition) is 0. The van der Waals surface area contributed by atoms with Crippen molar-refractivity contribution in [2.45, 2.75) is 46.1 Å². The van der Waals surface area contributed by atoms with E-state index in [1.54, 1.807) is 6.20 Å². The van der Waals surface area contributed by atoms with Gasteiger partial charge in [-0.25, -0.2) is 4.98 Å². The summed E-state index contributed by atoms with van der Waals surface area (Å²) in [6.07, 6.45) is 5.86. The maximum atomic E-state index is 12.7. The minimum Gasteiger partial charge on any atom is -0.490 e. The molecule has 0 spiro atoms. The van der Waals surface area contributed by atoms with Crippen LogP contribution in [-0.4, -0.2) is 28.9 Å². The molecule has 1 aromatic carbocycles. The monoisotopic (exact) mass is 368 g/mol. The molecule has 0 atom stereocenters. The number of benzene rings is 1. The molecule has 1 aromatic heterocycles. The molecular weight excluding hydrogens is 340 g/mol. The number of pyridine rings is 1. The third-order valence-corrected chi connectivity index (χ3v) is 4.65. The van der Waals surface area contributed by atoms with Crippen molar-refractivity contribution in [1.29, 1.82) is 0 Å². The number of hydrogen-bond acceptors (Lipinski definition) is 4. The summed E-state index contributed by atoms with van der Waals surface area (Å²) in [5.74, 6) is 2.03. The van der Waals surface area contributed by atoms with Crippen LogP contribution in [0.5, 0.6) is 17.4 Å². The van der Waals surface area contributed by atoms with Gasteiger partial charge in [0.25, 0.3) is 0 Å². The van der Waals surface area contributed by atoms with Crippen molar-refractivity contribution < 1.29 is 14.3 Å². The van der Waals surface area contributed by atoms with Crippen molar-refractivity contribution in [2.24, 2.45) is 5.92 Å². The lowest BCUT2D eigenvalue weighted by Gasteiger charge is -2.26. The number of rotatable bonds is 1. The van der Waals surface area contributed by atoms with Gasteiger partial charge in [-0.1, -0.05) is 44.9 Å². The number of carbonyl (C=O) groups excluding carboxylic acids is 1. The molecule has 0 bridgehead atoms. The van der Waals surface area contributed by atoms with Crippen LogP contribution in [0.25, 0.3) is 0 Å². The number of ether oxygens (including phenoxy) is 2.